The number of nitrogens with zero attached hydrogens (tertiary/aromatic N) is 1. The fourth-order valence-electron chi connectivity index (χ4n) is 3.45. The predicted octanol–water partition coefficient (Wildman–Crippen LogP) is 5.30. The van der Waals surface area contributed by atoms with Crippen LogP contribution < -0.4 is 10.7 Å². The number of benzene rings is 3. The highest BCUT2D eigenvalue weighted by atomic mass is 35.5. The van der Waals surface area contributed by atoms with Gasteiger partial charge < -0.3 is 10.1 Å². The second-order valence-corrected chi connectivity index (χ2v) is 10.6. The summed E-state index contributed by atoms with van der Waals surface area (Å²) < 4.78 is 5.25. The number of ether oxygens (including phenoxy) is 1. The van der Waals surface area contributed by atoms with Gasteiger partial charge in [0, 0.05) is 5.69 Å². The first-order valence-corrected chi connectivity index (χ1v) is 13.2. The lowest BCUT2D eigenvalue weighted by Gasteiger charge is -2.16. The number of carbonyl (C=O) groups is 4. The zero-order chi connectivity index (χ0) is 28.1. The third kappa shape index (κ3) is 7.11. The van der Waals surface area contributed by atoms with Gasteiger partial charge in [0.15, 0.2) is 10.9 Å². The number of thiocarbonyl (C=S) groups is 1. The van der Waals surface area contributed by atoms with E-state index in [1.165, 1.54) is 12.1 Å². The zero-order valence-electron chi connectivity index (χ0n) is 20.8. The van der Waals surface area contributed by atoms with Crippen molar-refractivity contribution in [3.05, 3.63) is 104 Å². The number of esters is 1. The summed E-state index contributed by atoms with van der Waals surface area (Å²) in [4.78, 5) is 50.2. The molecule has 0 bridgehead atoms. The van der Waals surface area contributed by atoms with Gasteiger partial charge >= 0.3 is 5.97 Å². The molecule has 39 heavy (non-hydrogen) atoms. The molecule has 1 aliphatic heterocycles. The van der Waals surface area contributed by atoms with E-state index in [1.807, 2.05) is 26.0 Å². The van der Waals surface area contributed by atoms with Crippen molar-refractivity contribution in [1.82, 2.24) is 10.4 Å². The van der Waals surface area contributed by atoms with Crippen molar-refractivity contribution in [2.75, 3.05) is 11.9 Å². The van der Waals surface area contributed by atoms with Crippen molar-refractivity contribution in [3.8, 4) is 0 Å². The maximum atomic E-state index is 12.9. The maximum absolute atomic E-state index is 12.9. The van der Waals surface area contributed by atoms with Gasteiger partial charge in [-0.3, -0.25) is 19.8 Å². The monoisotopic (exact) mass is 579 g/mol. The van der Waals surface area contributed by atoms with Crippen molar-refractivity contribution in [2.24, 2.45) is 0 Å². The van der Waals surface area contributed by atoms with Gasteiger partial charge in [-0.05, 0) is 79.7 Å². The number of thioether (sulfide) groups is 1. The largest absolute Gasteiger partial charge is 0.452 e. The summed E-state index contributed by atoms with van der Waals surface area (Å²) in [7, 11) is 0. The molecular weight excluding hydrogens is 558 g/mol. The standard InChI is InChI=1S/C28H22ClN3O5S2/c1-16-3-10-20(11-4-16)30-24(33)15-37-27(36)19-8-6-18(7-9-19)14-23-26(35)32(28(38)39-23)31-25(34)21-12-5-17(2)13-22(21)29/h3-14H,15H2,1-2H3,(H,30,33)(H,31,34)/b23-14-. The molecule has 0 unspecified atom stereocenters. The first-order valence-electron chi connectivity index (χ1n) is 11.6. The predicted molar refractivity (Wildman–Crippen MR) is 155 cm³/mol. The highest BCUT2D eigenvalue weighted by Gasteiger charge is 2.34. The topological polar surface area (TPSA) is 105 Å². The highest BCUT2D eigenvalue weighted by Crippen LogP contribution is 2.32. The Balaban J connectivity index is 1.34. The van der Waals surface area contributed by atoms with Crippen LogP contribution in [0.25, 0.3) is 6.08 Å². The molecule has 0 atom stereocenters. The average molecular weight is 580 g/mol. The number of halogens is 1. The van der Waals surface area contributed by atoms with Gasteiger partial charge in [-0.25, -0.2) is 4.79 Å². The van der Waals surface area contributed by atoms with Gasteiger partial charge in [0.25, 0.3) is 17.7 Å². The number of hydrogen-bond acceptors (Lipinski definition) is 7. The van der Waals surface area contributed by atoms with E-state index < -0.39 is 30.3 Å². The van der Waals surface area contributed by atoms with Crippen LogP contribution in [-0.2, 0) is 14.3 Å². The van der Waals surface area contributed by atoms with E-state index in [0.717, 1.165) is 27.9 Å². The summed E-state index contributed by atoms with van der Waals surface area (Å²) in [5.74, 6) is -2.18. The number of rotatable bonds is 7. The van der Waals surface area contributed by atoms with E-state index in [-0.39, 0.29) is 20.5 Å². The molecule has 198 valence electrons. The summed E-state index contributed by atoms with van der Waals surface area (Å²) in [6, 6.07) is 18.5. The Labute approximate surface area is 239 Å². The molecule has 0 saturated carbocycles. The molecule has 11 heteroatoms. The molecule has 8 nitrogen and oxygen atoms in total. The average Bonchev–Trinajstić information content (AvgIpc) is 3.16. The van der Waals surface area contributed by atoms with Gasteiger partial charge in [0.2, 0.25) is 0 Å². The number of amides is 3. The molecule has 0 spiro atoms. The number of hydrazine groups is 1. The molecule has 1 aliphatic rings. The highest BCUT2D eigenvalue weighted by molar-refractivity contribution is 8.26. The maximum Gasteiger partial charge on any atom is 0.338 e. The Morgan fingerprint density at radius 2 is 1.67 bits per heavy atom. The van der Waals surface area contributed by atoms with Crippen LogP contribution >= 0.6 is 35.6 Å². The molecule has 3 aromatic rings. The number of carbonyl (C=O) groups excluding carboxylic acids is 4. The summed E-state index contributed by atoms with van der Waals surface area (Å²) in [5, 5.41) is 3.92. The first kappa shape index (κ1) is 28.0. The van der Waals surface area contributed by atoms with E-state index in [9.17, 15) is 19.2 Å². The fraction of sp³-hybridized carbons (Fsp3) is 0.107. The van der Waals surface area contributed by atoms with Gasteiger partial charge in [-0.1, -0.05) is 59.3 Å². The molecule has 1 fully saturated rings. The number of aryl methyl sites for hydroxylation is 2. The molecule has 4 rings (SSSR count). The normalized spacial score (nSPS) is 13.9. The Morgan fingerprint density at radius 1 is 1.00 bits per heavy atom. The first-order chi connectivity index (χ1) is 18.6. The van der Waals surface area contributed by atoms with Gasteiger partial charge in [0.1, 0.15) is 0 Å². The van der Waals surface area contributed by atoms with E-state index in [1.54, 1.807) is 48.5 Å². The van der Waals surface area contributed by atoms with E-state index in [2.05, 4.69) is 10.7 Å². The van der Waals surface area contributed by atoms with Gasteiger partial charge in [0.05, 0.1) is 21.1 Å². The molecule has 0 aliphatic carbocycles. The van der Waals surface area contributed by atoms with Gasteiger partial charge in [-0.15, -0.1) is 0 Å². The van der Waals surface area contributed by atoms with Crippen LogP contribution in [0.3, 0.4) is 0 Å². The molecule has 0 aromatic heterocycles. The Hall–Kier alpha value is -3.99. The van der Waals surface area contributed by atoms with Gasteiger partial charge in [-0.2, -0.15) is 5.01 Å². The van der Waals surface area contributed by atoms with Crippen LogP contribution in [0.5, 0.6) is 0 Å². The van der Waals surface area contributed by atoms with Crippen molar-refractivity contribution in [3.63, 3.8) is 0 Å². The number of nitrogens with one attached hydrogen (secondary N) is 2. The molecule has 1 saturated heterocycles. The van der Waals surface area contributed by atoms with Crippen LogP contribution in [0.2, 0.25) is 5.02 Å². The van der Waals surface area contributed by atoms with Crippen LogP contribution in [0.1, 0.15) is 37.4 Å². The number of anilines is 1. The summed E-state index contributed by atoms with van der Waals surface area (Å²) in [5.41, 5.74) is 6.14. The van der Waals surface area contributed by atoms with Crippen LogP contribution in [0, 0.1) is 13.8 Å². The quantitative estimate of drug-likeness (QED) is 0.222. The smallest absolute Gasteiger partial charge is 0.338 e. The number of hydrogen-bond donors (Lipinski definition) is 2. The third-order valence-corrected chi connectivity index (χ3v) is 7.10. The molecule has 2 N–H and O–H groups in total. The minimum Gasteiger partial charge on any atom is -0.452 e. The summed E-state index contributed by atoms with van der Waals surface area (Å²) in [6.07, 6.45) is 1.59. The van der Waals surface area contributed by atoms with Crippen molar-refractivity contribution < 1.29 is 23.9 Å². The van der Waals surface area contributed by atoms with Crippen molar-refractivity contribution >= 4 is 75.4 Å². The minimum atomic E-state index is -0.663. The Bertz CT molecular complexity index is 1500. The van der Waals surface area contributed by atoms with Crippen LogP contribution in [-0.4, -0.2) is 39.6 Å². The lowest BCUT2D eigenvalue weighted by Crippen LogP contribution is -2.44. The SMILES string of the molecule is Cc1ccc(NC(=O)COC(=O)c2ccc(/C=C3\SC(=S)N(NC(=O)c4ccc(C)cc4Cl)C3=O)cc2)cc1. The summed E-state index contributed by atoms with van der Waals surface area (Å²) >= 11 is 12.5. The molecular formula is C28H22ClN3O5S2. The van der Waals surface area contributed by atoms with Crippen LogP contribution in [0.15, 0.2) is 71.6 Å². The van der Waals surface area contributed by atoms with E-state index in [0.29, 0.717) is 16.2 Å². The lowest BCUT2D eigenvalue weighted by molar-refractivity contribution is -0.123. The minimum absolute atomic E-state index is 0.159. The van der Waals surface area contributed by atoms with Crippen molar-refractivity contribution in [2.45, 2.75) is 13.8 Å². The second-order valence-electron chi connectivity index (χ2n) is 8.55. The van der Waals surface area contributed by atoms with E-state index >= 15 is 0 Å². The Morgan fingerprint density at radius 3 is 2.33 bits per heavy atom. The molecule has 1 heterocycles. The third-order valence-electron chi connectivity index (χ3n) is 5.49. The second kappa shape index (κ2) is 12.2. The van der Waals surface area contributed by atoms with Crippen molar-refractivity contribution in [1.29, 1.82) is 0 Å². The lowest BCUT2D eigenvalue weighted by atomic mass is 10.1. The molecule has 3 aromatic carbocycles. The van der Waals surface area contributed by atoms with Crippen LogP contribution in [0.4, 0.5) is 5.69 Å². The molecule has 0 radical (unpaired) electrons. The fourth-order valence-corrected chi connectivity index (χ4v) is 4.95. The van der Waals surface area contributed by atoms with E-state index in [4.69, 9.17) is 28.6 Å². The molecule has 3 amide bonds. The zero-order valence-corrected chi connectivity index (χ0v) is 23.2. The Kier molecular flexibility index (Phi) is 8.80. The summed E-state index contributed by atoms with van der Waals surface area (Å²) in [6.45, 7) is 3.35.